The maximum absolute atomic E-state index is 11.5. The van der Waals surface area contributed by atoms with Gasteiger partial charge in [-0.2, -0.15) is 0 Å². The van der Waals surface area contributed by atoms with Gasteiger partial charge in [0, 0.05) is 25.0 Å². The molecule has 5 heteroatoms. The third-order valence-corrected chi connectivity index (χ3v) is 2.90. The normalized spacial score (nSPS) is 26.6. The van der Waals surface area contributed by atoms with Gasteiger partial charge in [-0.1, -0.05) is 0 Å². The fourth-order valence-electron chi connectivity index (χ4n) is 1.98. The van der Waals surface area contributed by atoms with E-state index in [9.17, 15) is 4.79 Å². The number of ether oxygens (including phenoxy) is 1. The van der Waals surface area contributed by atoms with E-state index in [1.165, 1.54) is 0 Å². The van der Waals surface area contributed by atoms with Gasteiger partial charge in [0.05, 0.1) is 0 Å². The van der Waals surface area contributed by atoms with Gasteiger partial charge in [0.15, 0.2) is 0 Å². The number of alkyl carbamates (subject to hydrolysis) is 1. The first-order chi connectivity index (χ1) is 7.78. The van der Waals surface area contributed by atoms with Crippen molar-refractivity contribution in [3.63, 3.8) is 0 Å². The molecule has 1 aliphatic heterocycles. The van der Waals surface area contributed by atoms with Crippen molar-refractivity contribution in [1.29, 1.82) is 0 Å². The van der Waals surface area contributed by atoms with Crippen LogP contribution in [0.25, 0.3) is 0 Å². The Morgan fingerprint density at radius 1 is 1.53 bits per heavy atom. The topological polar surface area (TPSA) is 67.6 Å². The number of carbonyl (C=O) groups excluding carboxylic acids is 1. The molecule has 3 N–H and O–H groups in total. The number of nitrogens with two attached hydrogens (primary N) is 1. The van der Waals surface area contributed by atoms with Crippen molar-refractivity contribution >= 4 is 6.09 Å². The third kappa shape index (κ3) is 5.37. The predicted octanol–water partition coefficient (Wildman–Crippen LogP) is 0.790. The minimum atomic E-state index is -0.449. The van der Waals surface area contributed by atoms with Crippen LogP contribution in [0.2, 0.25) is 0 Å². The van der Waals surface area contributed by atoms with E-state index in [4.69, 9.17) is 10.5 Å². The molecule has 2 unspecified atom stereocenters. The summed E-state index contributed by atoms with van der Waals surface area (Å²) in [5.41, 5.74) is 5.59. The van der Waals surface area contributed by atoms with Crippen molar-refractivity contribution in [2.75, 3.05) is 26.7 Å². The Morgan fingerprint density at radius 3 is 2.76 bits per heavy atom. The van der Waals surface area contributed by atoms with Crippen LogP contribution >= 0.6 is 0 Å². The van der Waals surface area contributed by atoms with E-state index in [0.29, 0.717) is 12.5 Å². The number of hydrogen-bond donors (Lipinski definition) is 2. The van der Waals surface area contributed by atoms with Gasteiger partial charge < -0.3 is 20.7 Å². The number of nitrogens with one attached hydrogen (secondary N) is 1. The number of carbonyl (C=O) groups is 1. The molecule has 100 valence electrons. The Bertz CT molecular complexity index is 263. The standard InChI is InChI=1S/C12H25N3O2/c1-12(2,3)17-11(16)14-7-9-8-15(4)6-5-10(9)13/h9-10H,5-8,13H2,1-4H3,(H,14,16). The first-order valence-electron chi connectivity index (χ1n) is 6.19. The summed E-state index contributed by atoms with van der Waals surface area (Å²) in [6, 6.07) is 0.168. The van der Waals surface area contributed by atoms with Crippen molar-refractivity contribution in [3.05, 3.63) is 0 Å². The van der Waals surface area contributed by atoms with E-state index in [1.807, 2.05) is 20.8 Å². The molecule has 0 bridgehead atoms. The summed E-state index contributed by atoms with van der Waals surface area (Å²) in [6.07, 6.45) is 0.620. The maximum atomic E-state index is 11.5. The first-order valence-corrected chi connectivity index (χ1v) is 6.19. The molecular weight excluding hydrogens is 218 g/mol. The molecule has 1 rings (SSSR count). The zero-order valence-electron chi connectivity index (χ0n) is 11.3. The van der Waals surface area contributed by atoms with Gasteiger partial charge in [-0.25, -0.2) is 4.79 Å². The Kier molecular flexibility index (Phi) is 4.77. The van der Waals surface area contributed by atoms with Crippen LogP contribution in [-0.2, 0) is 4.74 Å². The van der Waals surface area contributed by atoms with E-state index >= 15 is 0 Å². The first kappa shape index (κ1) is 14.3. The molecule has 0 aromatic rings. The molecule has 0 spiro atoms. The molecular formula is C12H25N3O2. The average molecular weight is 243 g/mol. The third-order valence-electron chi connectivity index (χ3n) is 2.90. The second kappa shape index (κ2) is 5.69. The Hall–Kier alpha value is -0.810. The highest BCUT2D eigenvalue weighted by molar-refractivity contribution is 5.67. The van der Waals surface area contributed by atoms with Crippen molar-refractivity contribution in [2.45, 2.75) is 38.8 Å². The van der Waals surface area contributed by atoms with Gasteiger partial charge in [0.1, 0.15) is 5.60 Å². The summed E-state index contributed by atoms with van der Waals surface area (Å²) in [5, 5.41) is 2.79. The van der Waals surface area contributed by atoms with Gasteiger partial charge in [-0.05, 0) is 40.8 Å². The van der Waals surface area contributed by atoms with Gasteiger partial charge in [0.25, 0.3) is 0 Å². The summed E-state index contributed by atoms with van der Waals surface area (Å²) < 4.78 is 5.19. The van der Waals surface area contributed by atoms with Gasteiger partial charge in [-0.3, -0.25) is 0 Å². The van der Waals surface area contributed by atoms with Crippen molar-refractivity contribution in [3.8, 4) is 0 Å². The van der Waals surface area contributed by atoms with E-state index in [1.54, 1.807) is 0 Å². The number of piperidine rings is 1. The van der Waals surface area contributed by atoms with E-state index in [-0.39, 0.29) is 12.1 Å². The molecule has 1 saturated heterocycles. The van der Waals surface area contributed by atoms with E-state index < -0.39 is 5.60 Å². The van der Waals surface area contributed by atoms with Crippen molar-refractivity contribution in [2.24, 2.45) is 11.7 Å². The quantitative estimate of drug-likeness (QED) is 0.752. The van der Waals surface area contributed by atoms with Gasteiger partial charge >= 0.3 is 6.09 Å². The highest BCUT2D eigenvalue weighted by Crippen LogP contribution is 2.13. The minimum Gasteiger partial charge on any atom is -0.444 e. The Labute approximate surface area is 104 Å². The Morgan fingerprint density at radius 2 is 2.18 bits per heavy atom. The summed E-state index contributed by atoms with van der Waals surface area (Å²) in [5.74, 6) is 0.307. The number of amides is 1. The van der Waals surface area contributed by atoms with Crippen molar-refractivity contribution < 1.29 is 9.53 Å². The van der Waals surface area contributed by atoms with Crippen LogP contribution in [0.4, 0.5) is 4.79 Å². The maximum Gasteiger partial charge on any atom is 0.407 e. The van der Waals surface area contributed by atoms with Crippen molar-refractivity contribution in [1.82, 2.24) is 10.2 Å². The lowest BCUT2D eigenvalue weighted by Gasteiger charge is -2.34. The van der Waals surface area contributed by atoms with Crippen LogP contribution in [0.1, 0.15) is 27.2 Å². The zero-order valence-corrected chi connectivity index (χ0v) is 11.3. The van der Waals surface area contributed by atoms with Crippen LogP contribution in [-0.4, -0.2) is 49.3 Å². The second-order valence-corrected chi connectivity index (χ2v) is 5.86. The molecule has 17 heavy (non-hydrogen) atoms. The molecule has 0 saturated carbocycles. The fourth-order valence-corrected chi connectivity index (χ4v) is 1.98. The molecule has 1 heterocycles. The van der Waals surface area contributed by atoms with Gasteiger partial charge in [-0.15, -0.1) is 0 Å². The van der Waals surface area contributed by atoms with Crippen LogP contribution < -0.4 is 11.1 Å². The van der Waals surface area contributed by atoms with Crippen LogP contribution in [0.3, 0.4) is 0 Å². The summed E-state index contributed by atoms with van der Waals surface area (Å²) in [7, 11) is 2.08. The number of hydrogen-bond acceptors (Lipinski definition) is 4. The molecule has 1 fully saturated rings. The lowest BCUT2D eigenvalue weighted by Crippen LogP contribution is -2.50. The van der Waals surface area contributed by atoms with E-state index in [0.717, 1.165) is 19.5 Å². The molecule has 5 nitrogen and oxygen atoms in total. The largest absolute Gasteiger partial charge is 0.444 e. The molecule has 1 amide bonds. The lowest BCUT2D eigenvalue weighted by molar-refractivity contribution is 0.0506. The fraction of sp³-hybridized carbons (Fsp3) is 0.917. The monoisotopic (exact) mass is 243 g/mol. The highest BCUT2D eigenvalue weighted by atomic mass is 16.6. The Balaban J connectivity index is 2.32. The highest BCUT2D eigenvalue weighted by Gasteiger charge is 2.25. The molecule has 0 aromatic carbocycles. The number of rotatable bonds is 2. The van der Waals surface area contributed by atoms with E-state index in [2.05, 4.69) is 17.3 Å². The zero-order chi connectivity index (χ0) is 13.1. The molecule has 0 radical (unpaired) electrons. The average Bonchev–Trinajstić information content (AvgIpc) is 2.17. The predicted molar refractivity (Wildman–Crippen MR) is 67.8 cm³/mol. The molecule has 0 aromatic heterocycles. The van der Waals surface area contributed by atoms with Crippen LogP contribution in [0.5, 0.6) is 0 Å². The smallest absolute Gasteiger partial charge is 0.407 e. The summed E-state index contributed by atoms with van der Waals surface area (Å²) in [6.45, 7) is 8.10. The van der Waals surface area contributed by atoms with Gasteiger partial charge in [0.2, 0.25) is 0 Å². The van der Waals surface area contributed by atoms with Crippen LogP contribution in [0.15, 0.2) is 0 Å². The molecule has 2 atom stereocenters. The SMILES string of the molecule is CN1CCC(N)C(CNC(=O)OC(C)(C)C)C1. The molecule has 0 aliphatic carbocycles. The lowest BCUT2D eigenvalue weighted by atomic mass is 9.93. The summed E-state index contributed by atoms with van der Waals surface area (Å²) in [4.78, 5) is 13.7. The second-order valence-electron chi connectivity index (χ2n) is 5.86. The number of likely N-dealkylation sites (tertiary alicyclic amines) is 1. The minimum absolute atomic E-state index is 0.168. The number of nitrogens with zero attached hydrogens (tertiary/aromatic N) is 1. The van der Waals surface area contributed by atoms with Crippen LogP contribution in [0, 0.1) is 5.92 Å². The summed E-state index contributed by atoms with van der Waals surface area (Å²) >= 11 is 0. The molecule has 1 aliphatic rings.